The zero-order chi connectivity index (χ0) is 20.4. The molecule has 2 heterocycles. The van der Waals surface area contributed by atoms with Crippen molar-refractivity contribution in [3.8, 4) is 0 Å². The summed E-state index contributed by atoms with van der Waals surface area (Å²) in [6, 6.07) is 13.1. The summed E-state index contributed by atoms with van der Waals surface area (Å²) in [6.07, 6.45) is 5.19. The third-order valence-electron chi connectivity index (χ3n) is 5.53. The van der Waals surface area contributed by atoms with Gasteiger partial charge in [-0.2, -0.15) is 0 Å². The predicted molar refractivity (Wildman–Crippen MR) is 118 cm³/mol. The number of hydrogen-bond acceptors (Lipinski definition) is 3. The lowest BCUT2D eigenvalue weighted by atomic mass is 10.1. The van der Waals surface area contributed by atoms with Crippen LogP contribution < -0.4 is 5.56 Å². The summed E-state index contributed by atoms with van der Waals surface area (Å²) in [5, 5.41) is 0.583. The molecule has 0 spiro atoms. The Morgan fingerprint density at radius 2 is 1.93 bits per heavy atom. The van der Waals surface area contributed by atoms with Gasteiger partial charge in [0, 0.05) is 36.6 Å². The van der Waals surface area contributed by atoms with Crippen molar-refractivity contribution in [2.45, 2.75) is 45.2 Å². The molecule has 1 aliphatic rings. The number of hydrogen-bond donors (Lipinski definition) is 0. The van der Waals surface area contributed by atoms with Crippen molar-refractivity contribution in [2.24, 2.45) is 0 Å². The Bertz CT molecular complexity index is 1120. The molecule has 29 heavy (non-hydrogen) atoms. The van der Waals surface area contributed by atoms with Gasteiger partial charge in [-0.25, -0.2) is 4.98 Å². The molecule has 2 aromatic carbocycles. The summed E-state index contributed by atoms with van der Waals surface area (Å²) >= 11 is 3.53. The van der Waals surface area contributed by atoms with Crippen molar-refractivity contribution in [1.82, 2.24) is 14.5 Å². The molecule has 4 rings (SSSR count). The van der Waals surface area contributed by atoms with Gasteiger partial charge in [0.1, 0.15) is 5.82 Å². The molecule has 0 radical (unpaired) electrons. The van der Waals surface area contributed by atoms with Crippen LogP contribution in [0.2, 0.25) is 0 Å². The fourth-order valence-electron chi connectivity index (χ4n) is 3.90. The van der Waals surface area contributed by atoms with Crippen molar-refractivity contribution in [1.29, 1.82) is 0 Å². The first-order chi connectivity index (χ1) is 14.0. The molecule has 1 aliphatic heterocycles. The molecule has 0 bridgehead atoms. The van der Waals surface area contributed by atoms with E-state index in [1.54, 1.807) is 30.1 Å². The molecule has 0 N–H and O–H groups in total. The van der Waals surface area contributed by atoms with Gasteiger partial charge in [0.25, 0.3) is 11.5 Å². The highest BCUT2D eigenvalue weighted by molar-refractivity contribution is 9.10. The highest BCUT2D eigenvalue weighted by Crippen LogP contribution is 2.20. The van der Waals surface area contributed by atoms with E-state index in [1.807, 2.05) is 28.8 Å². The number of fused-ring (bicyclic) bond motifs is 2. The van der Waals surface area contributed by atoms with E-state index in [0.717, 1.165) is 48.1 Å². The van der Waals surface area contributed by atoms with Crippen molar-refractivity contribution in [2.75, 3.05) is 7.05 Å². The molecule has 6 heteroatoms. The molecule has 150 valence electrons. The maximum Gasteiger partial charge on any atom is 0.261 e. The second kappa shape index (κ2) is 8.49. The Morgan fingerprint density at radius 3 is 2.76 bits per heavy atom. The van der Waals surface area contributed by atoms with Crippen LogP contribution in [-0.4, -0.2) is 27.4 Å². The highest BCUT2D eigenvalue weighted by Gasteiger charge is 2.17. The van der Waals surface area contributed by atoms with E-state index in [-0.39, 0.29) is 11.5 Å². The average molecular weight is 454 g/mol. The Balaban J connectivity index is 1.66. The number of halogens is 1. The maximum absolute atomic E-state index is 13.0. The Kier molecular flexibility index (Phi) is 5.81. The largest absolute Gasteiger partial charge is 0.337 e. The third-order valence-corrected chi connectivity index (χ3v) is 6.30. The number of amides is 1. The van der Waals surface area contributed by atoms with Crippen LogP contribution in [0.1, 0.15) is 47.4 Å². The van der Waals surface area contributed by atoms with Crippen LogP contribution in [0.4, 0.5) is 0 Å². The zero-order valence-electron chi connectivity index (χ0n) is 16.5. The fourth-order valence-corrected chi connectivity index (χ4v) is 4.31. The molecular weight excluding hydrogens is 430 g/mol. The lowest BCUT2D eigenvalue weighted by Crippen LogP contribution is -2.28. The summed E-state index contributed by atoms with van der Waals surface area (Å²) in [4.78, 5) is 32.4. The van der Waals surface area contributed by atoms with Crippen LogP contribution >= 0.6 is 15.9 Å². The van der Waals surface area contributed by atoms with Gasteiger partial charge in [0.15, 0.2) is 0 Å². The van der Waals surface area contributed by atoms with Crippen LogP contribution in [-0.2, 0) is 19.5 Å². The Morgan fingerprint density at radius 1 is 1.14 bits per heavy atom. The van der Waals surface area contributed by atoms with Crippen molar-refractivity contribution in [3.63, 3.8) is 0 Å². The quantitative estimate of drug-likeness (QED) is 0.584. The molecule has 5 nitrogen and oxygen atoms in total. The minimum atomic E-state index is -0.0868. The number of carbonyl (C=O) groups excluding carboxylic acids is 1. The lowest BCUT2D eigenvalue weighted by molar-refractivity contribution is 0.0785. The molecule has 3 aromatic rings. The number of aromatic nitrogens is 2. The van der Waals surface area contributed by atoms with E-state index in [9.17, 15) is 9.59 Å². The van der Waals surface area contributed by atoms with Gasteiger partial charge in [-0.1, -0.05) is 47.0 Å². The monoisotopic (exact) mass is 453 g/mol. The topological polar surface area (TPSA) is 55.2 Å². The minimum Gasteiger partial charge on any atom is -0.337 e. The van der Waals surface area contributed by atoms with E-state index in [1.165, 1.54) is 6.42 Å². The standard InChI is InChI=1S/C23H24BrN3O2/c1-26(15-17-8-5-6-9-19(17)24)22(28)16-11-12-18-20(14-16)25-21-10-4-2-3-7-13-27(21)23(18)29/h5-6,8-9,11-12,14H,2-4,7,10,13,15H2,1H3. The third kappa shape index (κ3) is 4.13. The summed E-state index contributed by atoms with van der Waals surface area (Å²) < 4.78 is 2.80. The molecule has 0 saturated carbocycles. The van der Waals surface area contributed by atoms with Crippen LogP contribution in [0.5, 0.6) is 0 Å². The predicted octanol–water partition coefficient (Wildman–Crippen LogP) is 4.55. The van der Waals surface area contributed by atoms with Gasteiger partial charge in [-0.05, 0) is 42.7 Å². The Hall–Kier alpha value is -2.47. The summed E-state index contributed by atoms with van der Waals surface area (Å²) in [7, 11) is 1.79. The van der Waals surface area contributed by atoms with Crippen LogP contribution in [0.15, 0.2) is 51.7 Å². The van der Waals surface area contributed by atoms with E-state index >= 15 is 0 Å². The van der Waals surface area contributed by atoms with Gasteiger partial charge in [0.05, 0.1) is 10.9 Å². The smallest absolute Gasteiger partial charge is 0.261 e. The summed E-state index contributed by atoms with van der Waals surface area (Å²) in [6.45, 7) is 1.23. The van der Waals surface area contributed by atoms with Crippen molar-refractivity contribution >= 4 is 32.7 Å². The van der Waals surface area contributed by atoms with E-state index in [4.69, 9.17) is 4.98 Å². The minimum absolute atomic E-state index is 0.00692. The van der Waals surface area contributed by atoms with Crippen LogP contribution in [0.3, 0.4) is 0 Å². The number of aryl methyl sites for hydroxylation is 1. The molecular formula is C23H24BrN3O2. The van der Waals surface area contributed by atoms with Gasteiger partial charge < -0.3 is 4.90 Å². The first-order valence-electron chi connectivity index (χ1n) is 10.1. The lowest BCUT2D eigenvalue weighted by Gasteiger charge is -2.19. The number of rotatable bonds is 3. The number of carbonyl (C=O) groups is 1. The normalized spacial score (nSPS) is 14.1. The fraction of sp³-hybridized carbons (Fsp3) is 0.348. The first kappa shape index (κ1) is 19.8. The number of nitrogens with zero attached hydrogens (tertiary/aromatic N) is 3. The van der Waals surface area contributed by atoms with Gasteiger partial charge >= 0.3 is 0 Å². The average Bonchev–Trinajstić information content (AvgIpc) is 2.70. The van der Waals surface area contributed by atoms with E-state index in [0.29, 0.717) is 23.0 Å². The van der Waals surface area contributed by atoms with E-state index < -0.39 is 0 Å². The van der Waals surface area contributed by atoms with Gasteiger partial charge in [-0.3, -0.25) is 14.2 Å². The molecule has 1 aromatic heterocycles. The summed E-state index contributed by atoms with van der Waals surface area (Å²) in [5.74, 6) is 0.754. The molecule has 0 unspecified atom stereocenters. The second-order valence-electron chi connectivity index (χ2n) is 7.63. The number of benzene rings is 2. The maximum atomic E-state index is 13.0. The van der Waals surface area contributed by atoms with Gasteiger partial charge in [-0.15, -0.1) is 0 Å². The molecule has 0 atom stereocenters. The van der Waals surface area contributed by atoms with Crippen LogP contribution in [0, 0.1) is 0 Å². The Labute approximate surface area is 178 Å². The zero-order valence-corrected chi connectivity index (χ0v) is 18.1. The van der Waals surface area contributed by atoms with Crippen molar-refractivity contribution < 1.29 is 4.79 Å². The molecule has 0 fully saturated rings. The SMILES string of the molecule is CN(Cc1ccccc1Br)C(=O)c1ccc2c(=O)n3c(nc2c1)CCCCCC3. The van der Waals surface area contributed by atoms with Crippen LogP contribution in [0.25, 0.3) is 10.9 Å². The van der Waals surface area contributed by atoms with Gasteiger partial charge in [0.2, 0.25) is 0 Å². The molecule has 0 saturated heterocycles. The summed E-state index contributed by atoms with van der Waals surface area (Å²) in [5.41, 5.74) is 2.21. The van der Waals surface area contributed by atoms with Crippen molar-refractivity contribution in [3.05, 3.63) is 74.2 Å². The van der Waals surface area contributed by atoms with E-state index in [2.05, 4.69) is 15.9 Å². The molecule has 0 aliphatic carbocycles. The highest BCUT2D eigenvalue weighted by atomic mass is 79.9. The molecule has 1 amide bonds. The first-order valence-corrected chi connectivity index (χ1v) is 10.9. The second-order valence-corrected chi connectivity index (χ2v) is 8.49.